The van der Waals surface area contributed by atoms with E-state index in [9.17, 15) is 19.7 Å². The first kappa shape index (κ1) is 21.2. The molecule has 162 valence electrons. The van der Waals surface area contributed by atoms with Crippen LogP contribution >= 0.6 is 11.8 Å². The van der Waals surface area contributed by atoms with E-state index in [4.69, 9.17) is 4.74 Å². The van der Waals surface area contributed by atoms with E-state index < -0.39 is 10.8 Å². The van der Waals surface area contributed by atoms with Gasteiger partial charge in [0.1, 0.15) is 5.75 Å². The van der Waals surface area contributed by atoms with E-state index in [0.717, 1.165) is 11.8 Å². The molecular weight excluding hydrogens is 434 g/mol. The summed E-state index contributed by atoms with van der Waals surface area (Å²) in [6, 6.07) is 12.9. The summed E-state index contributed by atoms with van der Waals surface area (Å²) in [4.78, 5) is 36.4. The van der Waals surface area contributed by atoms with Crippen molar-refractivity contribution in [2.45, 2.75) is 19.0 Å². The van der Waals surface area contributed by atoms with Gasteiger partial charge in [-0.15, -0.1) is 10.2 Å². The Labute approximate surface area is 186 Å². The molecule has 0 bridgehead atoms. The predicted octanol–water partition coefficient (Wildman–Crippen LogP) is 3.41. The number of carbonyl (C=O) groups is 2. The maximum absolute atomic E-state index is 12.9. The normalized spacial score (nSPS) is 13.0. The molecule has 2 heterocycles. The Kier molecular flexibility index (Phi) is 5.49. The van der Waals surface area contributed by atoms with Gasteiger partial charge in [-0.3, -0.25) is 19.7 Å². The molecule has 0 atom stereocenters. The van der Waals surface area contributed by atoms with E-state index in [2.05, 4.69) is 10.2 Å². The summed E-state index contributed by atoms with van der Waals surface area (Å²) >= 11 is 1.06. The van der Waals surface area contributed by atoms with Crippen LogP contribution in [0.3, 0.4) is 0 Å². The molecular formula is C21H17N5O5S. The minimum Gasteiger partial charge on any atom is -0.497 e. The molecule has 11 heteroatoms. The van der Waals surface area contributed by atoms with Crippen LogP contribution in [-0.2, 0) is 9.59 Å². The average Bonchev–Trinajstić information content (AvgIpc) is 3.21. The number of hydrogen-bond acceptors (Lipinski definition) is 8. The number of rotatable bonds is 5. The third-order valence-corrected chi connectivity index (χ3v) is 5.85. The number of non-ortho nitro benzene ring substituents is 1. The molecule has 10 nitrogen and oxygen atoms in total. The van der Waals surface area contributed by atoms with Gasteiger partial charge in [0.15, 0.2) is 11.6 Å². The topological polar surface area (TPSA) is 120 Å². The van der Waals surface area contributed by atoms with Crippen molar-refractivity contribution < 1.29 is 19.2 Å². The summed E-state index contributed by atoms with van der Waals surface area (Å²) < 4.78 is 6.70. The predicted molar refractivity (Wildman–Crippen MR) is 117 cm³/mol. The number of ether oxygens (including phenoxy) is 1. The number of allylic oxidation sites excluding steroid dienone is 1. The van der Waals surface area contributed by atoms with Gasteiger partial charge >= 0.3 is 0 Å². The highest BCUT2D eigenvalue weighted by atomic mass is 32.2. The molecule has 0 N–H and O–H groups in total. The monoisotopic (exact) mass is 451 g/mol. The molecule has 2 aromatic carbocycles. The van der Waals surface area contributed by atoms with Crippen molar-refractivity contribution in [2.75, 3.05) is 12.1 Å². The van der Waals surface area contributed by atoms with Crippen molar-refractivity contribution in [1.29, 1.82) is 0 Å². The number of nitro groups is 1. The minimum absolute atomic E-state index is 0.156. The van der Waals surface area contributed by atoms with Crippen LogP contribution in [0, 0.1) is 10.1 Å². The van der Waals surface area contributed by atoms with Crippen LogP contribution in [0.1, 0.15) is 19.4 Å². The Morgan fingerprint density at radius 2 is 1.78 bits per heavy atom. The van der Waals surface area contributed by atoms with Gasteiger partial charge in [-0.25, -0.2) is 5.01 Å². The quantitative estimate of drug-likeness (QED) is 0.427. The third kappa shape index (κ3) is 3.62. The lowest BCUT2D eigenvalue weighted by atomic mass is 10.1. The van der Waals surface area contributed by atoms with Gasteiger partial charge in [-0.1, -0.05) is 12.1 Å². The number of ketones is 1. The SMILES string of the molecule is COc1ccc(-c2nnc3n2N(C(C)=O)C(c2cccc([N+](=O)[O-])c2)=C(C(C)=O)S3)cc1. The zero-order valence-electron chi connectivity index (χ0n) is 17.3. The van der Waals surface area contributed by atoms with E-state index in [1.165, 1.54) is 41.7 Å². The Morgan fingerprint density at radius 3 is 2.38 bits per heavy atom. The molecule has 1 amide bonds. The van der Waals surface area contributed by atoms with Crippen LogP contribution in [0.15, 0.2) is 58.6 Å². The summed E-state index contributed by atoms with van der Waals surface area (Å²) in [5.41, 5.74) is 1.10. The van der Waals surface area contributed by atoms with E-state index >= 15 is 0 Å². The molecule has 1 aromatic heterocycles. The molecule has 0 aliphatic carbocycles. The van der Waals surface area contributed by atoms with Gasteiger partial charge in [-0.05, 0) is 43.0 Å². The van der Waals surface area contributed by atoms with Gasteiger partial charge in [0.25, 0.3) is 5.69 Å². The number of carbonyl (C=O) groups excluding carboxylic acids is 2. The van der Waals surface area contributed by atoms with Crippen LogP contribution in [-0.4, -0.2) is 38.6 Å². The fourth-order valence-corrected chi connectivity index (χ4v) is 4.29. The van der Waals surface area contributed by atoms with Crippen molar-refractivity contribution in [3.63, 3.8) is 0 Å². The number of thioether (sulfide) groups is 1. The van der Waals surface area contributed by atoms with E-state index in [0.29, 0.717) is 27.9 Å². The number of nitro benzene ring substituents is 1. The Morgan fingerprint density at radius 1 is 1.06 bits per heavy atom. The molecule has 32 heavy (non-hydrogen) atoms. The first-order valence-corrected chi connectivity index (χ1v) is 10.2. The average molecular weight is 451 g/mol. The number of Topliss-reactive ketones (excluding diaryl/α,β-unsaturated/α-hetero) is 1. The molecule has 0 radical (unpaired) electrons. The maximum Gasteiger partial charge on any atom is 0.270 e. The summed E-state index contributed by atoms with van der Waals surface area (Å²) in [7, 11) is 1.56. The molecule has 3 aromatic rings. The fraction of sp³-hybridized carbons (Fsp3) is 0.143. The summed E-state index contributed by atoms with van der Waals surface area (Å²) in [5, 5.41) is 21.3. The van der Waals surface area contributed by atoms with Gasteiger partial charge in [-0.2, -0.15) is 4.68 Å². The van der Waals surface area contributed by atoms with Gasteiger partial charge in [0.2, 0.25) is 11.1 Å². The number of amides is 1. The molecule has 4 rings (SSSR count). The number of aromatic nitrogens is 3. The van der Waals surface area contributed by atoms with Crippen molar-refractivity contribution in [2.24, 2.45) is 0 Å². The van der Waals surface area contributed by atoms with Crippen molar-refractivity contribution in [3.05, 3.63) is 69.1 Å². The van der Waals surface area contributed by atoms with Crippen LogP contribution in [0.4, 0.5) is 5.69 Å². The minimum atomic E-state index is -0.529. The lowest BCUT2D eigenvalue weighted by Crippen LogP contribution is -2.41. The highest BCUT2D eigenvalue weighted by Crippen LogP contribution is 2.41. The Bertz CT molecular complexity index is 1280. The molecule has 0 fully saturated rings. The highest BCUT2D eigenvalue weighted by molar-refractivity contribution is 8.04. The first-order valence-electron chi connectivity index (χ1n) is 9.40. The maximum atomic E-state index is 12.9. The van der Waals surface area contributed by atoms with Crippen molar-refractivity contribution >= 4 is 34.8 Å². The molecule has 0 saturated heterocycles. The number of nitrogens with zero attached hydrogens (tertiary/aromatic N) is 5. The first-order chi connectivity index (χ1) is 15.3. The Balaban J connectivity index is 1.94. The molecule has 1 aliphatic heterocycles. The fourth-order valence-electron chi connectivity index (χ4n) is 3.32. The third-order valence-electron chi connectivity index (χ3n) is 4.73. The second-order valence-electron chi connectivity index (χ2n) is 6.82. The lowest BCUT2D eigenvalue weighted by Gasteiger charge is -2.32. The summed E-state index contributed by atoms with van der Waals surface area (Å²) in [6.07, 6.45) is 0. The van der Waals surface area contributed by atoms with E-state index in [-0.39, 0.29) is 22.1 Å². The lowest BCUT2D eigenvalue weighted by molar-refractivity contribution is -0.384. The second-order valence-corrected chi connectivity index (χ2v) is 7.80. The number of benzene rings is 2. The molecule has 0 saturated carbocycles. The standard InChI is InChI=1S/C21H17N5O5S/c1-12(27)19-18(15-5-4-6-16(11-15)26(29)30)24(13(2)28)25-20(22-23-21(25)32-19)14-7-9-17(31-3)10-8-14/h4-11H,1-3H3. The largest absolute Gasteiger partial charge is 0.497 e. The summed E-state index contributed by atoms with van der Waals surface area (Å²) in [5.74, 6) is 0.307. The smallest absolute Gasteiger partial charge is 0.270 e. The van der Waals surface area contributed by atoms with Crippen LogP contribution in [0.2, 0.25) is 0 Å². The van der Waals surface area contributed by atoms with Gasteiger partial charge in [0, 0.05) is 30.2 Å². The number of fused-ring (bicyclic) bond motifs is 1. The van der Waals surface area contributed by atoms with E-state index in [1.54, 1.807) is 37.4 Å². The molecule has 1 aliphatic rings. The Hall–Kier alpha value is -3.99. The molecule has 0 spiro atoms. The van der Waals surface area contributed by atoms with E-state index in [1.807, 2.05) is 0 Å². The van der Waals surface area contributed by atoms with Crippen LogP contribution in [0.5, 0.6) is 5.75 Å². The molecule has 0 unspecified atom stereocenters. The van der Waals surface area contributed by atoms with Gasteiger partial charge in [0.05, 0.1) is 22.6 Å². The second kappa shape index (κ2) is 8.27. The summed E-state index contributed by atoms with van der Waals surface area (Å²) in [6.45, 7) is 2.71. The van der Waals surface area contributed by atoms with Crippen molar-refractivity contribution in [1.82, 2.24) is 14.9 Å². The number of hydrogen-bond donors (Lipinski definition) is 0. The zero-order chi connectivity index (χ0) is 23.0. The van der Waals surface area contributed by atoms with Crippen molar-refractivity contribution in [3.8, 4) is 17.1 Å². The zero-order valence-corrected chi connectivity index (χ0v) is 18.1. The number of methoxy groups -OCH3 is 1. The van der Waals surface area contributed by atoms with Crippen LogP contribution < -0.4 is 9.75 Å². The van der Waals surface area contributed by atoms with Gasteiger partial charge < -0.3 is 4.74 Å². The van der Waals surface area contributed by atoms with Crippen LogP contribution in [0.25, 0.3) is 17.1 Å². The highest BCUT2D eigenvalue weighted by Gasteiger charge is 2.35.